The van der Waals surface area contributed by atoms with Gasteiger partial charge in [-0.15, -0.1) is 0 Å². The standard InChI is InChI=1S/C15H10ClN3O/c16-13-2-1-3-14(9-13)19-15(20)12(10-17)8-11-4-6-18-7-5-11/h1-9H,(H,19,20)/b12-8-. The van der Waals surface area contributed by atoms with Crippen molar-refractivity contribution >= 4 is 29.3 Å². The number of anilines is 1. The molecule has 0 aliphatic carbocycles. The first kappa shape index (κ1) is 13.8. The molecule has 0 unspecified atom stereocenters. The van der Waals surface area contributed by atoms with E-state index < -0.39 is 5.91 Å². The zero-order chi connectivity index (χ0) is 14.4. The predicted molar refractivity (Wildman–Crippen MR) is 77.9 cm³/mol. The van der Waals surface area contributed by atoms with Crippen molar-refractivity contribution in [1.29, 1.82) is 5.26 Å². The van der Waals surface area contributed by atoms with Crippen LogP contribution in [0.1, 0.15) is 5.56 Å². The molecule has 0 aliphatic heterocycles. The average Bonchev–Trinajstić information content (AvgIpc) is 2.45. The number of benzene rings is 1. The fourth-order valence-corrected chi connectivity index (χ4v) is 1.73. The van der Waals surface area contributed by atoms with Crippen molar-refractivity contribution < 1.29 is 4.79 Å². The minimum Gasteiger partial charge on any atom is -0.321 e. The van der Waals surface area contributed by atoms with Gasteiger partial charge in [0.2, 0.25) is 0 Å². The summed E-state index contributed by atoms with van der Waals surface area (Å²) in [4.78, 5) is 15.9. The summed E-state index contributed by atoms with van der Waals surface area (Å²) in [7, 11) is 0. The molecule has 0 aliphatic rings. The van der Waals surface area contributed by atoms with E-state index in [-0.39, 0.29) is 5.57 Å². The van der Waals surface area contributed by atoms with E-state index in [9.17, 15) is 4.79 Å². The monoisotopic (exact) mass is 283 g/mol. The lowest BCUT2D eigenvalue weighted by atomic mass is 10.1. The van der Waals surface area contributed by atoms with Gasteiger partial charge in [0.25, 0.3) is 5.91 Å². The molecule has 1 heterocycles. The van der Waals surface area contributed by atoms with Crippen LogP contribution in [0.4, 0.5) is 5.69 Å². The van der Waals surface area contributed by atoms with Gasteiger partial charge < -0.3 is 5.32 Å². The highest BCUT2D eigenvalue weighted by Crippen LogP contribution is 2.16. The van der Waals surface area contributed by atoms with Gasteiger partial charge in [-0.25, -0.2) is 0 Å². The Hall–Kier alpha value is -2.64. The van der Waals surface area contributed by atoms with Crippen LogP contribution >= 0.6 is 11.6 Å². The number of hydrogen-bond acceptors (Lipinski definition) is 3. The highest BCUT2D eigenvalue weighted by Gasteiger charge is 2.09. The zero-order valence-corrected chi connectivity index (χ0v) is 11.1. The van der Waals surface area contributed by atoms with Crippen molar-refractivity contribution in [2.45, 2.75) is 0 Å². The van der Waals surface area contributed by atoms with Gasteiger partial charge in [-0.3, -0.25) is 9.78 Å². The minimum atomic E-state index is -0.480. The number of hydrogen-bond donors (Lipinski definition) is 1. The number of pyridine rings is 1. The number of rotatable bonds is 3. The summed E-state index contributed by atoms with van der Waals surface area (Å²) in [5.74, 6) is -0.480. The lowest BCUT2D eigenvalue weighted by Crippen LogP contribution is -2.13. The molecule has 0 saturated heterocycles. The van der Waals surface area contributed by atoms with Gasteiger partial charge in [0.15, 0.2) is 0 Å². The molecular formula is C15H10ClN3O. The van der Waals surface area contributed by atoms with Gasteiger partial charge in [0, 0.05) is 23.1 Å². The minimum absolute atomic E-state index is 0.0103. The van der Waals surface area contributed by atoms with E-state index in [0.717, 1.165) is 5.56 Å². The van der Waals surface area contributed by atoms with Gasteiger partial charge in [0.05, 0.1) is 0 Å². The highest BCUT2D eigenvalue weighted by atomic mass is 35.5. The van der Waals surface area contributed by atoms with Crippen LogP contribution in [0.3, 0.4) is 0 Å². The van der Waals surface area contributed by atoms with Crippen molar-refractivity contribution in [2.75, 3.05) is 5.32 Å². The van der Waals surface area contributed by atoms with E-state index in [1.54, 1.807) is 48.8 Å². The molecule has 0 radical (unpaired) electrons. The Morgan fingerprint density at radius 3 is 2.70 bits per heavy atom. The molecule has 0 bridgehead atoms. The molecular weight excluding hydrogens is 274 g/mol. The molecule has 1 amide bonds. The first-order chi connectivity index (χ1) is 9.69. The number of carbonyl (C=O) groups is 1. The molecule has 4 nitrogen and oxygen atoms in total. The number of nitrogens with one attached hydrogen (secondary N) is 1. The Balaban J connectivity index is 2.19. The predicted octanol–water partition coefficient (Wildman–Crippen LogP) is 3.28. The van der Waals surface area contributed by atoms with Crippen LogP contribution in [0, 0.1) is 11.3 Å². The van der Waals surface area contributed by atoms with Crippen molar-refractivity contribution in [2.24, 2.45) is 0 Å². The number of nitrogens with zero attached hydrogens (tertiary/aromatic N) is 2. The fourth-order valence-electron chi connectivity index (χ4n) is 1.54. The van der Waals surface area contributed by atoms with Crippen molar-refractivity contribution in [3.8, 4) is 6.07 Å². The Morgan fingerprint density at radius 2 is 2.05 bits per heavy atom. The second-order valence-corrected chi connectivity index (χ2v) is 4.35. The first-order valence-electron chi connectivity index (χ1n) is 5.78. The molecule has 1 aromatic heterocycles. The molecule has 1 N–H and O–H groups in total. The number of carbonyl (C=O) groups excluding carboxylic acids is 1. The second kappa shape index (κ2) is 6.50. The molecule has 2 rings (SSSR count). The lowest BCUT2D eigenvalue weighted by molar-refractivity contribution is -0.112. The molecule has 0 fully saturated rings. The lowest BCUT2D eigenvalue weighted by Gasteiger charge is -2.04. The molecule has 5 heteroatoms. The summed E-state index contributed by atoms with van der Waals surface area (Å²) in [6.07, 6.45) is 4.69. The highest BCUT2D eigenvalue weighted by molar-refractivity contribution is 6.31. The topological polar surface area (TPSA) is 65.8 Å². The van der Waals surface area contributed by atoms with Crippen molar-refractivity contribution in [3.05, 3.63) is 65.0 Å². The van der Waals surface area contributed by atoms with Crippen LogP contribution in [-0.2, 0) is 4.79 Å². The van der Waals surface area contributed by atoms with Crippen LogP contribution < -0.4 is 5.32 Å². The smallest absolute Gasteiger partial charge is 0.266 e. The number of nitriles is 1. The third-order valence-electron chi connectivity index (χ3n) is 2.46. The maximum absolute atomic E-state index is 12.0. The second-order valence-electron chi connectivity index (χ2n) is 3.91. The summed E-state index contributed by atoms with van der Waals surface area (Å²) in [5, 5.41) is 12.2. The van der Waals surface area contributed by atoms with Gasteiger partial charge in [-0.05, 0) is 42.0 Å². The SMILES string of the molecule is N#C/C(=C/c1ccncc1)C(=O)Nc1cccc(Cl)c1. The summed E-state index contributed by atoms with van der Waals surface area (Å²) in [5.41, 5.74) is 1.28. The third-order valence-corrected chi connectivity index (χ3v) is 2.70. The zero-order valence-electron chi connectivity index (χ0n) is 10.4. The molecule has 98 valence electrons. The summed E-state index contributed by atoms with van der Waals surface area (Å²) < 4.78 is 0. The van der Waals surface area contributed by atoms with Crippen molar-refractivity contribution in [1.82, 2.24) is 4.98 Å². The molecule has 1 aromatic carbocycles. The van der Waals surface area contributed by atoms with Crippen LogP contribution in [0.2, 0.25) is 5.02 Å². The molecule has 20 heavy (non-hydrogen) atoms. The van der Waals surface area contributed by atoms with Crippen LogP contribution in [0.15, 0.2) is 54.4 Å². The summed E-state index contributed by atoms with van der Waals surface area (Å²) >= 11 is 5.83. The average molecular weight is 284 g/mol. The van der Waals surface area contributed by atoms with E-state index in [4.69, 9.17) is 16.9 Å². The molecule has 0 saturated carbocycles. The van der Waals surface area contributed by atoms with Gasteiger partial charge in [-0.2, -0.15) is 5.26 Å². The van der Waals surface area contributed by atoms with E-state index in [1.807, 2.05) is 6.07 Å². The van der Waals surface area contributed by atoms with Gasteiger partial charge >= 0.3 is 0 Å². The molecule has 0 spiro atoms. The normalized spacial score (nSPS) is 10.7. The summed E-state index contributed by atoms with van der Waals surface area (Å²) in [6, 6.07) is 12.0. The third kappa shape index (κ3) is 3.67. The van der Waals surface area contributed by atoms with E-state index >= 15 is 0 Å². The van der Waals surface area contributed by atoms with Crippen LogP contribution in [-0.4, -0.2) is 10.9 Å². The summed E-state index contributed by atoms with van der Waals surface area (Å²) in [6.45, 7) is 0. The fraction of sp³-hybridized carbons (Fsp3) is 0. The molecule has 0 atom stereocenters. The first-order valence-corrected chi connectivity index (χ1v) is 6.15. The quantitative estimate of drug-likeness (QED) is 0.694. The largest absolute Gasteiger partial charge is 0.321 e. The van der Waals surface area contributed by atoms with Gasteiger partial charge in [0.1, 0.15) is 11.6 Å². The van der Waals surface area contributed by atoms with Crippen LogP contribution in [0.25, 0.3) is 6.08 Å². The number of halogens is 1. The van der Waals surface area contributed by atoms with E-state index in [1.165, 1.54) is 6.08 Å². The Kier molecular flexibility index (Phi) is 4.48. The van der Waals surface area contributed by atoms with E-state index in [0.29, 0.717) is 10.7 Å². The van der Waals surface area contributed by atoms with Gasteiger partial charge in [-0.1, -0.05) is 17.7 Å². The van der Waals surface area contributed by atoms with E-state index in [2.05, 4.69) is 10.3 Å². The van der Waals surface area contributed by atoms with Crippen LogP contribution in [0.5, 0.6) is 0 Å². The Bertz CT molecular complexity index is 690. The number of aromatic nitrogens is 1. The maximum atomic E-state index is 12.0. The Labute approximate surface area is 121 Å². The number of amides is 1. The van der Waals surface area contributed by atoms with Crippen molar-refractivity contribution in [3.63, 3.8) is 0 Å². The maximum Gasteiger partial charge on any atom is 0.266 e. The molecule has 2 aromatic rings. The Morgan fingerprint density at radius 1 is 1.30 bits per heavy atom.